The summed E-state index contributed by atoms with van der Waals surface area (Å²) in [6.07, 6.45) is 5.70. The summed E-state index contributed by atoms with van der Waals surface area (Å²) in [6.45, 7) is 0.863. The van der Waals surface area contributed by atoms with Gasteiger partial charge in [0.25, 0.3) is 11.2 Å². The number of phenolic OH excluding ortho intramolecular Hbond substituents is 1. The van der Waals surface area contributed by atoms with E-state index in [0.717, 1.165) is 0 Å². The number of imidazole rings is 1. The van der Waals surface area contributed by atoms with E-state index in [1.165, 1.54) is 42.0 Å². The van der Waals surface area contributed by atoms with Crippen LogP contribution in [0.5, 0.6) is 11.5 Å². The molecule has 1 aliphatic rings. The Balaban J connectivity index is 0.00000274. The number of hydrogen-bond acceptors (Lipinski definition) is 7. The molecule has 174 valence electrons. The highest BCUT2D eigenvalue weighted by molar-refractivity contribution is 8.93. The Morgan fingerprint density at radius 2 is 1.91 bits per heavy atom. The Hall–Kier alpha value is -3.99. The van der Waals surface area contributed by atoms with Crippen molar-refractivity contribution in [1.82, 2.24) is 14.1 Å². The molecule has 0 aliphatic heterocycles. The molecule has 34 heavy (non-hydrogen) atoms. The molecule has 0 atom stereocenters. The Morgan fingerprint density at radius 3 is 2.59 bits per heavy atom. The summed E-state index contributed by atoms with van der Waals surface area (Å²) >= 11 is 0. The lowest BCUT2D eigenvalue weighted by Crippen LogP contribution is -2.24. The van der Waals surface area contributed by atoms with Gasteiger partial charge >= 0.3 is 0 Å². The number of aromatic nitrogens is 3. The average molecular weight is 527 g/mol. The van der Waals surface area contributed by atoms with Crippen LogP contribution in [0.2, 0.25) is 0 Å². The molecule has 0 amide bonds. The van der Waals surface area contributed by atoms with E-state index in [0.29, 0.717) is 29.6 Å². The number of pyridine rings is 1. The first kappa shape index (κ1) is 23.2. The van der Waals surface area contributed by atoms with Crippen molar-refractivity contribution in [2.75, 3.05) is 7.11 Å². The molecule has 10 nitrogen and oxygen atoms in total. The molecule has 2 aromatic heterocycles. The lowest BCUT2D eigenvalue weighted by molar-refractivity contribution is -0.384. The minimum absolute atomic E-state index is 0. The van der Waals surface area contributed by atoms with Crippen LogP contribution in [0.15, 0.2) is 53.8 Å². The molecular formula is C23H19BrN4O6. The second kappa shape index (κ2) is 8.75. The Morgan fingerprint density at radius 1 is 1.12 bits per heavy atom. The fourth-order valence-electron chi connectivity index (χ4n) is 4.35. The molecular weight excluding hydrogens is 508 g/mol. The number of methoxy groups -OCH3 is 1. The number of rotatable bonds is 6. The minimum Gasteiger partial charge on any atom is -0.504 e. The first-order valence-corrected chi connectivity index (χ1v) is 10.2. The summed E-state index contributed by atoms with van der Waals surface area (Å²) in [5, 5.41) is 22.0. The third-order valence-electron chi connectivity index (χ3n) is 5.87. The van der Waals surface area contributed by atoms with E-state index in [4.69, 9.17) is 4.74 Å². The van der Waals surface area contributed by atoms with Gasteiger partial charge in [-0.15, -0.1) is 17.0 Å². The van der Waals surface area contributed by atoms with Crippen molar-refractivity contribution in [2.45, 2.75) is 19.5 Å². The van der Waals surface area contributed by atoms with E-state index in [9.17, 15) is 24.8 Å². The van der Waals surface area contributed by atoms with Crippen molar-refractivity contribution in [2.24, 2.45) is 0 Å². The van der Waals surface area contributed by atoms with E-state index in [1.54, 1.807) is 12.5 Å². The highest BCUT2D eigenvalue weighted by atomic mass is 79.9. The summed E-state index contributed by atoms with van der Waals surface area (Å²) in [5.41, 5.74) is 0.772. The predicted octanol–water partition coefficient (Wildman–Crippen LogP) is 3.70. The number of nitro benzene ring substituents is 1. The van der Waals surface area contributed by atoms with Gasteiger partial charge in [-0.25, -0.2) is 4.98 Å². The van der Waals surface area contributed by atoms with E-state index < -0.39 is 10.5 Å². The number of ketones is 1. The van der Waals surface area contributed by atoms with Crippen molar-refractivity contribution in [3.8, 4) is 22.8 Å². The van der Waals surface area contributed by atoms with Crippen molar-refractivity contribution in [1.29, 1.82) is 0 Å². The van der Waals surface area contributed by atoms with Crippen LogP contribution in [0, 0.1) is 10.1 Å². The van der Waals surface area contributed by atoms with Crippen LogP contribution in [0.25, 0.3) is 22.0 Å². The van der Waals surface area contributed by atoms with Crippen LogP contribution in [0.1, 0.15) is 22.3 Å². The monoisotopic (exact) mass is 526 g/mol. The number of benzene rings is 2. The maximum absolute atomic E-state index is 13.5. The first-order valence-electron chi connectivity index (χ1n) is 10.2. The van der Waals surface area contributed by atoms with Crippen LogP contribution >= 0.6 is 17.0 Å². The summed E-state index contributed by atoms with van der Waals surface area (Å²) in [7, 11) is 1.40. The van der Waals surface area contributed by atoms with Crippen molar-refractivity contribution < 1.29 is 19.6 Å². The van der Waals surface area contributed by atoms with E-state index >= 15 is 0 Å². The molecule has 0 radical (unpaired) electrons. The van der Waals surface area contributed by atoms with Crippen molar-refractivity contribution in [3.63, 3.8) is 0 Å². The highest BCUT2D eigenvalue weighted by Gasteiger charge is 2.34. The number of nitro groups is 1. The van der Waals surface area contributed by atoms with E-state index in [1.807, 2.05) is 10.8 Å². The molecule has 0 bridgehead atoms. The van der Waals surface area contributed by atoms with E-state index in [-0.39, 0.29) is 63.0 Å². The van der Waals surface area contributed by atoms with Gasteiger partial charge in [-0.1, -0.05) is 0 Å². The van der Waals surface area contributed by atoms with Gasteiger partial charge in [0.05, 0.1) is 35.0 Å². The smallest absolute Gasteiger partial charge is 0.270 e. The highest BCUT2D eigenvalue weighted by Crippen LogP contribution is 2.44. The zero-order chi connectivity index (χ0) is 23.3. The van der Waals surface area contributed by atoms with Crippen LogP contribution in [0.3, 0.4) is 0 Å². The average Bonchev–Trinajstić information content (AvgIpc) is 3.42. The number of phenols is 1. The molecule has 0 fully saturated rings. The lowest BCUT2D eigenvalue weighted by atomic mass is 10.0. The number of non-ortho nitro benzene ring substituents is 1. The zero-order valence-electron chi connectivity index (χ0n) is 17.9. The van der Waals surface area contributed by atoms with Crippen LogP contribution in [-0.4, -0.2) is 37.0 Å². The molecule has 0 saturated heterocycles. The summed E-state index contributed by atoms with van der Waals surface area (Å²) in [4.78, 5) is 41.6. The summed E-state index contributed by atoms with van der Waals surface area (Å²) in [5.74, 6) is -0.373. The molecule has 4 aromatic rings. The summed E-state index contributed by atoms with van der Waals surface area (Å²) < 4.78 is 8.57. The van der Waals surface area contributed by atoms with Crippen molar-refractivity contribution >= 4 is 39.2 Å². The van der Waals surface area contributed by atoms with Crippen LogP contribution in [-0.2, 0) is 13.1 Å². The molecule has 0 unspecified atom stereocenters. The van der Waals surface area contributed by atoms with Gasteiger partial charge in [-0.2, -0.15) is 0 Å². The SMILES string of the molecule is Br.COc1cc2c(cc1O)C(=O)c1c-2n(CCCn2ccnc2)c(=O)c2cc([N+](=O)[O-])ccc12. The number of ether oxygens (including phenoxy) is 1. The zero-order valence-corrected chi connectivity index (χ0v) is 19.6. The van der Waals surface area contributed by atoms with Crippen LogP contribution in [0.4, 0.5) is 5.69 Å². The molecule has 0 spiro atoms. The van der Waals surface area contributed by atoms with Gasteiger partial charge in [-0.3, -0.25) is 19.7 Å². The molecule has 0 saturated carbocycles. The molecule has 1 aliphatic carbocycles. The predicted molar refractivity (Wildman–Crippen MR) is 129 cm³/mol. The largest absolute Gasteiger partial charge is 0.504 e. The van der Waals surface area contributed by atoms with Gasteiger partial charge in [0.15, 0.2) is 17.3 Å². The number of aromatic hydroxyl groups is 1. The second-order valence-electron chi connectivity index (χ2n) is 7.72. The number of carbonyl (C=O) groups is 1. The molecule has 1 N–H and O–H groups in total. The third kappa shape index (κ3) is 3.54. The Bertz CT molecular complexity index is 1510. The summed E-state index contributed by atoms with van der Waals surface area (Å²) in [6, 6.07) is 6.79. The molecule has 2 heterocycles. The number of aryl methyl sites for hydroxylation is 1. The number of nitrogens with zero attached hydrogens (tertiary/aromatic N) is 4. The fraction of sp³-hybridized carbons (Fsp3) is 0.174. The number of carbonyl (C=O) groups excluding carboxylic acids is 1. The van der Waals surface area contributed by atoms with Crippen molar-refractivity contribution in [3.05, 3.63) is 80.6 Å². The first-order chi connectivity index (χ1) is 15.9. The second-order valence-corrected chi connectivity index (χ2v) is 7.72. The topological polar surface area (TPSA) is 129 Å². The number of fused-ring (bicyclic) bond motifs is 5. The molecule has 2 aromatic carbocycles. The Kier molecular flexibility index (Phi) is 5.96. The maximum Gasteiger partial charge on any atom is 0.270 e. The van der Waals surface area contributed by atoms with Gasteiger partial charge in [0.2, 0.25) is 0 Å². The van der Waals surface area contributed by atoms with Gasteiger partial charge in [-0.05, 0) is 24.6 Å². The Labute approximate surface area is 203 Å². The fourth-order valence-corrected chi connectivity index (χ4v) is 4.35. The third-order valence-corrected chi connectivity index (χ3v) is 5.87. The normalized spacial score (nSPS) is 11.7. The number of halogens is 1. The van der Waals surface area contributed by atoms with Crippen LogP contribution < -0.4 is 10.3 Å². The molecule has 11 heteroatoms. The molecule has 5 rings (SSSR count). The standard InChI is InChI=1S/C23H18N4O6.BrH/c1-33-19-11-15-16(10-18(19)28)22(29)20-14-4-3-13(27(31)32)9-17(14)23(30)26(21(15)20)7-2-6-25-8-5-24-12-25;/h3-5,8-12,28H,2,6-7H2,1H3;1H. The number of hydrogen-bond donors (Lipinski definition) is 1. The van der Waals surface area contributed by atoms with E-state index in [2.05, 4.69) is 4.98 Å². The minimum atomic E-state index is -0.574. The van der Waals surface area contributed by atoms with Gasteiger partial charge < -0.3 is 19.0 Å². The lowest BCUT2D eigenvalue weighted by Gasteiger charge is -2.15. The maximum atomic E-state index is 13.5. The quantitative estimate of drug-likeness (QED) is 0.263. The van der Waals surface area contributed by atoms with Gasteiger partial charge in [0, 0.05) is 54.1 Å². The van der Waals surface area contributed by atoms with Gasteiger partial charge in [0.1, 0.15) is 0 Å².